The molecule has 0 bridgehead atoms. The highest BCUT2D eigenvalue weighted by molar-refractivity contribution is 5.66. The van der Waals surface area contributed by atoms with E-state index in [2.05, 4.69) is 57.7 Å². The zero-order valence-corrected chi connectivity index (χ0v) is 12.7. The van der Waals surface area contributed by atoms with E-state index in [0.29, 0.717) is 6.54 Å². The molecule has 0 radical (unpaired) electrons. The number of nitrogens with zero attached hydrogens (tertiary/aromatic N) is 1. The molecule has 1 N–H and O–H groups in total. The second-order valence-corrected chi connectivity index (χ2v) is 6.17. The Morgan fingerprint density at radius 2 is 1.89 bits per heavy atom. The monoisotopic (exact) mass is 263 g/mol. The standard InChI is InChI=1S/C16H25NO2/c1-12-6-7-14(13(2)10-12)11-17(16(3,4)5)9-8-15(18)19/h6-7,10H,8-9,11H2,1-5H3,(H,18,19). The topological polar surface area (TPSA) is 40.5 Å². The number of benzene rings is 1. The average molecular weight is 263 g/mol. The number of carboxylic acids is 1. The van der Waals surface area contributed by atoms with Crippen LogP contribution in [0, 0.1) is 13.8 Å². The predicted octanol–water partition coefficient (Wildman–Crippen LogP) is 3.38. The highest BCUT2D eigenvalue weighted by atomic mass is 16.4. The normalized spacial score (nSPS) is 11.9. The molecule has 0 aliphatic heterocycles. The Balaban J connectivity index is 2.85. The van der Waals surface area contributed by atoms with Crippen molar-refractivity contribution in [3.05, 3.63) is 34.9 Å². The third-order valence-corrected chi connectivity index (χ3v) is 3.40. The van der Waals surface area contributed by atoms with Gasteiger partial charge < -0.3 is 5.11 Å². The summed E-state index contributed by atoms with van der Waals surface area (Å²) in [6, 6.07) is 6.43. The fourth-order valence-corrected chi connectivity index (χ4v) is 2.11. The summed E-state index contributed by atoms with van der Waals surface area (Å²) in [6.07, 6.45) is 0.183. The highest BCUT2D eigenvalue weighted by Gasteiger charge is 2.22. The number of carboxylic acid groups (broad SMARTS) is 1. The van der Waals surface area contributed by atoms with Gasteiger partial charge in [0.2, 0.25) is 0 Å². The van der Waals surface area contributed by atoms with E-state index in [4.69, 9.17) is 5.11 Å². The van der Waals surface area contributed by atoms with Gasteiger partial charge in [0.15, 0.2) is 0 Å². The maximum atomic E-state index is 10.8. The summed E-state index contributed by atoms with van der Waals surface area (Å²) in [5.74, 6) is -0.741. The minimum Gasteiger partial charge on any atom is -0.481 e. The maximum Gasteiger partial charge on any atom is 0.304 e. The van der Waals surface area contributed by atoms with Gasteiger partial charge in [0.05, 0.1) is 6.42 Å². The Morgan fingerprint density at radius 3 is 2.37 bits per heavy atom. The van der Waals surface area contributed by atoms with Crippen LogP contribution in [0.3, 0.4) is 0 Å². The Labute approximate surface area is 116 Å². The maximum absolute atomic E-state index is 10.8. The molecule has 0 aromatic heterocycles. The Hall–Kier alpha value is -1.35. The number of aliphatic carboxylic acids is 1. The van der Waals surface area contributed by atoms with Crippen molar-refractivity contribution in [2.45, 2.75) is 53.1 Å². The SMILES string of the molecule is Cc1ccc(CN(CCC(=O)O)C(C)(C)C)c(C)c1. The van der Waals surface area contributed by atoms with Crippen LogP contribution in [0.1, 0.15) is 43.9 Å². The first-order valence-electron chi connectivity index (χ1n) is 6.73. The zero-order valence-electron chi connectivity index (χ0n) is 12.7. The average Bonchev–Trinajstić information content (AvgIpc) is 2.24. The first-order valence-corrected chi connectivity index (χ1v) is 6.73. The largest absolute Gasteiger partial charge is 0.481 e. The third-order valence-electron chi connectivity index (χ3n) is 3.40. The summed E-state index contributed by atoms with van der Waals surface area (Å²) in [6.45, 7) is 11.9. The molecule has 1 aromatic rings. The van der Waals surface area contributed by atoms with E-state index in [1.165, 1.54) is 16.7 Å². The van der Waals surface area contributed by atoms with Crippen LogP contribution in [-0.2, 0) is 11.3 Å². The van der Waals surface area contributed by atoms with Crippen molar-refractivity contribution in [3.8, 4) is 0 Å². The summed E-state index contributed by atoms with van der Waals surface area (Å²) >= 11 is 0. The summed E-state index contributed by atoms with van der Waals surface area (Å²) in [5.41, 5.74) is 3.76. The van der Waals surface area contributed by atoms with Gasteiger partial charge in [0.1, 0.15) is 0 Å². The molecule has 3 heteroatoms. The minimum absolute atomic E-state index is 0.0349. The zero-order chi connectivity index (χ0) is 14.6. The Kier molecular flexibility index (Phi) is 5.12. The highest BCUT2D eigenvalue weighted by Crippen LogP contribution is 2.20. The number of hydrogen-bond acceptors (Lipinski definition) is 2. The first kappa shape index (κ1) is 15.7. The van der Waals surface area contributed by atoms with E-state index in [0.717, 1.165) is 6.54 Å². The molecule has 0 saturated carbocycles. The predicted molar refractivity (Wildman–Crippen MR) is 78.3 cm³/mol. The van der Waals surface area contributed by atoms with Crippen LogP contribution in [0.25, 0.3) is 0 Å². The van der Waals surface area contributed by atoms with E-state index in [1.54, 1.807) is 0 Å². The molecule has 0 amide bonds. The van der Waals surface area contributed by atoms with Gasteiger partial charge in [-0.05, 0) is 45.7 Å². The fraction of sp³-hybridized carbons (Fsp3) is 0.562. The van der Waals surface area contributed by atoms with Crippen LogP contribution in [0.5, 0.6) is 0 Å². The first-order chi connectivity index (χ1) is 8.70. The third kappa shape index (κ3) is 5.03. The molecule has 1 aromatic carbocycles. The lowest BCUT2D eigenvalue weighted by Gasteiger charge is -2.35. The molecule has 0 fully saturated rings. The molecular formula is C16H25NO2. The summed E-state index contributed by atoms with van der Waals surface area (Å²) in [7, 11) is 0. The second kappa shape index (κ2) is 6.20. The van der Waals surface area contributed by atoms with Crippen LogP contribution in [0.2, 0.25) is 0 Å². The van der Waals surface area contributed by atoms with Crippen molar-refractivity contribution < 1.29 is 9.90 Å². The molecule has 0 atom stereocenters. The molecule has 0 aliphatic carbocycles. The van der Waals surface area contributed by atoms with Crippen LogP contribution < -0.4 is 0 Å². The van der Waals surface area contributed by atoms with Gasteiger partial charge >= 0.3 is 5.97 Å². The van der Waals surface area contributed by atoms with Crippen LogP contribution in [0.15, 0.2) is 18.2 Å². The van der Waals surface area contributed by atoms with Gasteiger partial charge in [-0.3, -0.25) is 9.69 Å². The summed E-state index contributed by atoms with van der Waals surface area (Å²) in [4.78, 5) is 13.0. The fourth-order valence-electron chi connectivity index (χ4n) is 2.11. The molecule has 1 rings (SSSR count). The molecule has 0 heterocycles. The van der Waals surface area contributed by atoms with E-state index < -0.39 is 5.97 Å². The molecule has 0 saturated heterocycles. The van der Waals surface area contributed by atoms with E-state index in [9.17, 15) is 4.79 Å². The molecule has 0 spiro atoms. The van der Waals surface area contributed by atoms with Gasteiger partial charge in [-0.15, -0.1) is 0 Å². The van der Waals surface area contributed by atoms with Gasteiger partial charge in [0, 0.05) is 18.6 Å². The quantitative estimate of drug-likeness (QED) is 0.885. The van der Waals surface area contributed by atoms with Crippen LogP contribution in [0.4, 0.5) is 0 Å². The molecule has 106 valence electrons. The Morgan fingerprint density at radius 1 is 1.26 bits per heavy atom. The Bertz CT molecular complexity index is 447. The molecule has 19 heavy (non-hydrogen) atoms. The van der Waals surface area contributed by atoms with Crippen molar-refractivity contribution >= 4 is 5.97 Å². The van der Waals surface area contributed by atoms with Gasteiger partial charge in [-0.2, -0.15) is 0 Å². The van der Waals surface area contributed by atoms with Crippen LogP contribution in [-0.4, -0.2) is 28.1 Å². The van der Waals surface area contributed by atoms with Crippen molar-refractivity contribution in [2.75, 3.05) is 6.54 Å². The van der Waals surface area contributed by atoms with Crippen LogP contribution >= 0.6 is 0 Å². The van der Waals surface area contributed by atoms with Gasteiger partial charge in [0.25, 0.3) is 0 Å². The van der Waals surface area contributed by atoms with Gasteiger partial charge in [-0.1, -0.05) is 23.8 Å². The lowest BCUT2D eigenvalue weighted by atomic mass is 10.0. The van der Waals surface area contributed by atoms with E-state index in [-0.39, 0.29) is 12.0 Å². The molecule has 0 aliphatic rings. The number of aryl methyl sites for hydroxylation is 2. The number of rotatable bonds is 5. The number of hydrogen-bond donors (Lipinski definition) is 1. The van der Waals surface area contributed by atoms with E-state index >= 15 is 0 Å². The second-order valence-electron chi connectivity index (χ2n) is 6.17. The molecular weight excluding hydrogens is 238 g/mol. The summed E-state index contributed by atoms with van der Waals surface area (Å²) in [5, 5.41) is 8.86. The van der Waals surface area contributed by atoms with Crippen molar-refractivity contribution in [1.29, 1.82) is 0 Å². The van der Waals surface area contributed by atoms with Gasteiger partial charge in [-0.25, -0.2) is 0 Å². The van der Waals surface area contributed by atoms with Crippen molar-refractivity contribution in [3.63, 3.8) is 0 Å². The van der Waals surface area contributed by atoms with E-state index in [1.807, 2.05) is 0 Å². The van der Waals surface area contributed by atoms with Crippen molar-refractivity contribution in [2.24, 2.45) is 0 Å². The molecule has 0 unspecified atom stereocenters. The van der Waals surface area contributed by atoms with Crippen molar-refractivity contribution in [1.82, 2.24) is 4.90 Å². The summed E-state index contributed by atoms with van der Waals surface area (Å²) < 4.78 is 0. The lowest BCUT2D eigenvalue weighted by molar-refractivity contribution is -0.137. The smallest absolute Gasteiger partial charge is 0.304 e. The minimum atomic E-state index is -0.741. The lowest BCUT2D eigenvalue weighted by Crippen LogP contribution is -2.42. The number of carbonyl (C=O) groups is 1. The molecule has 3 nitrogen and oxygen atoms in total.